The van der Waals surface area contributed by atoms with Gasteiger partial charge in [0.05, 0.1) is 5.69 Å². The van der Waals surface area contributed by atoms with Gasteiger partial charge in [0, 0.05) is 13.1 Å². The van der Waals surface area contributed by atoms with Crippen molar-refractivity contribution in [3.63, 3.8) is 0 Å². The highest BCUT2D eigenvalue weighted by molar-refractivity contribution is 6.19. The molecular formula is C13H17N3O2. The molecule has 3 amide bonds. The maximum Gasteiger partial charge on any atom is 0.331 e. The van der Waals surface area contributed by atoms with E-state index in [0.717, 1.165) is 12.0 Å². The standard InChI is InChI=1S/C13H17N3O2/c1-2-6-15-9-12(17)16(13(15)18)11-5-3-4-10(7-11)8-14/h3-5,7H,2,6,8-9,14H2,1H3. The third-order valence-electron chi connectivity index (χ3n) is 2.94. The molecule has 96 valence electrons. The second-order valence-corrected chi connectivity index (χ2v) is 4.31. The number of carbonyl (C=O) groups excluding carboxylic acids is 2. The van der Waals surface area contributed by atoms with Crippen LogP contribution in [0.4, 0.5) is 10.5 Å². The van der Waals surface area contributed by atoms with Crippen molar-refractivity contribution in [2.75, 3.05) is 18.0 Å². The van der Waals surface area contributed by atoms with Crippen LogP contribution in [0.5, 0.6) is 0 Å². The van der Waals surface area contributed by atoms with Gasteiger partial charge in [-0.15, -0.1) is 0 Å². The fourth-order valence-corrected chi connectivity index (χ4v) is 2.07. The average molecular weight is 247 g/mol. The largest absolute Gasteiger partial charge is 0.331 e. The number of urea groups is 1. The first-order valence-electron chi connectivity index (χ1n) is 6.08. The summed E-state index contributed by atoms with van der Waals surface area (Å²) in [4.78, 5) is 26.8. The number of amides is 3. The summed E-state index contributed by atoms with van der Waals surface area (Å²) in [6, 6.07) is 6.98. The first kappa shape index (κ1) is 12.6. The summed E-state index contributed by atoms with van der Waals surface area (Å²) in [7, 11) is 0. The van der Waals surface area contributed by atoms with E-state index in [1.807, 2.05) is 13.0 Å². The van der Waals surface area contributed by atoms with Crippen LogP contribution in [0.15, 0.2) is 24.3 Å². The van der Waals surface area contributed by atoms with E-state index in [1.165, 1.54) is 4.90 Å². The van der Waals surface area contributed by atoms with Gasteiger partial charge in [-0.3, -0.25) is 4.79 Å². The van der Waals surface area contributed by atoms with Crippen LogP contribution in [-0.4, -0.2) is 29.9 Å². The zero-order valence-corrected chi connectivity index (χ0v) is 10.4. The van der Waals surface area contributed by atoms with Crippen molar-refractivity contribution < 1.29 is 9.59 Å². The Hall–Kier alpha value is -1.88. The van der Waals surface area contributed by atoms with Gasteiger partial charge in [-0.25, -0.2) is 9.69 Å². The minimum atomic E-state index is -0.240. The average Bonchev–Trinajstić information content (AvgIpc) is 2.65. The highest BCUT2D eigenvalue weighted by atomic mass is 16.2. The number of benzene rings is 1. The molecule has 1 saturated heterocycles. The molecule has 0 unspecified atom stereocenters. The summed E-state index contributed by atoms with van der Waals surface area (Å²) in [5.41, 5.74) is 7.07. The van der Waals surface area contributed by atoms with Crippen LogP contribution in [0.1, 0.15) is 18.9 Å². The van der Waals surface area contributed by atoms with E-state index in [2.05, 4.69) is 0 Å². The quantitative estimate of drug-likeness (QED) is 0.816. The van der Waals surface area contributed by atoms with Gasteiger partial charge >= 0.3 is 6.03 Å². The molecule has 18 heavy (non-hydrogen) atoms. The lowest BCUT2D eigenvalue weighted by atomic mass is 10.2. The van der Waals surface area contributed by atoms with Gasteiger partial charge in [0.1, 0.15) is 6.54 Å². The number of rotatable bonds is 4. The van der Waals surface area contributed by atoms with Crippen molar-refractivity contribution in [2.24, 2.45) is 5.73 Å². The maximum absolute atomic E-state index is 12.1. The molecule has 0 aliphatic carbocycles. The lowest BCUT2D eigenvalue weighted by Crippen LogP contribution is -2.33. The Morgan fingerprint density at radius 1 is 1.33 bits per heavy atom. The number of nitrogens with zero attached hydrogens (tertiary/aromatic N) is 2. The topological polar surface area (TPSA) is 66.6 Å². The molecule has 1 heterocycles. The Labute approximate surface area is 106 Å². The molecule has 5 nitrogen and oxygen atoms in total. The van der Waals surface area contributed by atoms with Gasteiger partial charge in [-0.05, 0) is 24.1 Å². The molecule has 0 atom stereocenters. The van der Waals surface area contributed by atoms with Crippen molar-refractivity contribution in [2.45, 2.75) is 19.9 Å². The molecule has 1 fully saturated rings. The van der Waals surface area contributed by atoms with E-state index >= 15 is 0 Å². The minimum absolute atomic E-state index is 0.166. The monoisotopic (exact) mass is 247 g/mol. The van der Waals surface area contributed by atoms with Gasteiger partial charge in [-0.1, -0.05) is 19.1 Å². The predicted molar refractivity (Wildman–Crippen MR) is 69.1 cm³/mol. The lowest BCUT2D eigenvalue weighted by Gasteiger charge is -2.16. The van der Waals surface area contributed by atoms with E-state index < -0.39 is 0 Å². The molecule has 2 rings (SSSR count). The molecule has 2 N–H and O–H groups in total. The summed E-state index contributed by atoms with van der Waals surface area (Å²) >= 11 is 0. The van der Waals surface area contributed by atoms with Crippen molar-refractivity contribution in [1.29, 1.82) is 0 Å². The molecule has 1 aliphatic rings. The zero-order valence-electron chi connectivity index (χ0n) is 10.4. The number of nitrogens with two attached hydrogens (primary N) is 1. The summed E-state index contributed by atoms with van der Waals surface area (Å²) in [5.74, 6) is -0.178. The van der Waals surface area contributed by atoms with Crippen molar-refractivity contribution in [3.05, 3.63) is 29.8 Å². The summed E-state index contributed by atoms with van der Waals surface area (Å²) < 4.78 is 0. The van der Waals surface area contributed by atoms with Crippen molar-refractivity contribution >= 4 is 17.6 Å². The molecule has 0 bridgehead atoms. The Bertz CT molecular complexity index is 473. The Morgan fingerprint density at radius 2 is 2.11 bits per heavy atom. The van der Waals surface area contributed by atoms with Crippen LogP contribution in [0.2, 0.25) is 0 Å². The second-order valence-electron chi connectivity index (χ2n) is 4.31. The number of hydrogen-bond donors (Lipinski definition) is 1. The van der Waals surface area contributed by atoms with E-state index in [0.29, 0.717) is 18.8 Å². The van der Waals surface area contributed by atoms with Crippen molar-refractivity contribution in [1.82, 2.24) is 4.90 Å². The normalized spacial score (nSPS) is 15.7. The van der Waals surface area contributed by atoms with Gasteiger partial charge in [-0.2, -0.15) is 0 Å². The number of imide groups is 1. The van der Waals surface area contributed by atoms with E-state index in [1.54, 1.807) is 23.1 Å². The summed E-state index contributed by atoms with van der Waals surface area (Å²) in [5, 5.41) is 0. The SMILES string of the molecule is CCCN1CC(=O)N(c2cccc(CN)c2)C1=O. The molecule has 1 aromatic carbocycles. The number of anilines is 1. The third kappa shape index (κ3) is 2.22. The molecule has 1 aliphatic heterocycles. The fraction of sp³-hybridized carbons (Fsp3) is 0.385. The number of hydrogen-bond acceptors (Lipinski definition) is 3. The molecule has 1 aromatic rings. The van der Waals surface area contributed by atoms with E-state index in [9.17, 15) is 9.59 Å². The Balaban J connectivity index is 2.27. The minimum Gasteiger partial charge on any atom is -0.326 e. The van der Waals surface area contributed by atoms with E-state index in [-0.39, 0.29) is 18.5 Å². The third-order valence-corrected chi connectivity index (χ3v) is 2.94. The smallest absolute Gasteiger partial charge is 0.326 e. The van der Waals surface area contributed by atoms with Crippen LogP contribution >= 0.6 is 0 Å². The van der Waals surface area contributed by atoms with Crippen LogP contribution in [-0.2, 0) is 11.3 Å². The van der Waals surface area contributed by atoms with Crippen LogP contribution in [0, 0.1) is 0 Å². The molecule has 0 spiro atoms. The Kier molecular flexibility index (Phi) is 3.62. The molecule has 5 heteroatoms. The van der Waals surface area contributed by atoms with E-state index in [4.69, 9.17) is 5.73 Å². The molecule has 0 radical (unpaired) electrons. The Morgan fingerprint density at radius 3 is 2.78 bits per heavy atom. The van der Waals surface area contributed by atoms with Gasteiger partial charge in [0.15, 0.2) is 0 Å². The second kappa shape index (κ2) is 5.18. The van der Waals surface area contributed by atoms with Crippen LogP contribution in [0.3, 0.4) is 0 Å². The zero-order chi connectivity index (χ0) is 13.1. The lowest BCUT2D eigenvalue weighted by molar-refractivity contribution is -0.116. The first-order chi connectivity index (χ1) is 8.67. The maximum atomic E-state index is 12.1. The molecule has 0 saturated carbocycles. The number of carbonyl (C=O) groups is 2. The first-order valence-corrected chi connectivity index (χ1v) is 6.08. The fourth-order valence-electron chi connectivity index (χ4n) is 2.07. The van der Waals surface area contributed by atoms with Gasteiger partial charge < -0.3 is 10.6 Å². The highest BCUT2D eigenvalue weighted by Crippen LogP contribution is 2.22. The van der Waals surface area contributed by atoms with Crippen LogP contribution < -0.4 is 10.6 Å². The molecule has 0 aromatic heterocycles. The van der Waals surface area contributed by atoms with Gasteiger partial charge in [0.2, 0.25) is 0 Å². The highest BCUT2D eigenvalue weighted by Gasteiger charge is 2.36. The molecular weight excluding hydrogens is 230 g/mol. The van der Waals surface area contributed by atoms with Crippen molar-refractivity contribution in [3.8, 4) is 0 Å². The summed E-state index contributed by atoms with van der Waals surface area (Å²) in [6.07, 6.45) is 0.843. The predicted octanol–water partition coefficient (Wildman–Crippen LogP) is 1.32. The van der Waals surface area contributed by atoms with Crippen LogP contribution in [0.25, 0.3) is 0 Å². The summed E-state index contributed by atoms with van der Waals surface area (Å²) in [6.45, 7) is 3.15. The van der Waals surface area contributed by atoms with Gasteiger partial charge in [0.25, 0.3) is 5.91 Å².